The number of nitrogens with zero attached hydrogens (tertiary/aromatic N) is 4. The maximum Gasteiger partial charge on any atom is 0.258 e. The molecule has 4 amide bonds. The Morgan fingerprint density at radius 3 is 1.90 bits per heavy atom. The van der Waals surface area contributed by atoms with E-state index >= 15 is 0 Å². The molecule has 0 aromatic heterocycles. The predicted octanol–water partition coefficient (Wildman–Crippen LogP) is -1.87. The quantitative estimate of drug-likeness (QED) is 0.538. The number of carbonyl (C=O) groups excluding carboxylic acids is 4. The summed E-state index contributed by atoms with van der Waals surface area (Å²) in [5, 5.41) is 10.4. The second kappa shape index (κ2) is 9.06. The van der Waals surface area contributed by atoms with Crippen LogP contribution in [0.2, 0.25) is 0 Å². The molecule has 4 heterocycles. The second-order valence-corrected chi connectivity index (χ2v) is 7.83. The van der Waals surface area contributed by atoms with Gasteiger partial charge in [-0.2, -0.15) is 0 Å². The fourth-order valence-electron chi connectivity index (χ4n) is 4.07. The molecular weight excluding hydrogens is 408 g/mol. The summed E-state index contributed by atoms with van der Waals surface area (Å²) in [6, 6.07) is 0. The highest BCUT2D eigenvalue weighted by molar-refractivity contribution is 6.06. The molecule has 0 aromatic rings. The minimum absolute atomic E-state index is 0.0458. The van der Waals surface area contributed by atoms with Crippen molar-refractivity contribution < 1.29 is 33.8 Å². The zero-order chi connectivity index (χ0) is 22.0. The van der Waals surface area contributed by atoms with Gasteiger partial charge in [0.25, 0.3) is 5.91 Å². The minimum Gasteiger partial charge on any atom is -0.510 e. The molecule has 4 aliphatic heterocycles. The van der Waals surface area contributed by atoms with E-state index < -0.39 is 5.91 Å². The Morgan fingerprint density at radius 1 is 0.839 bits per heavy atom. The third kappa shape index (κ3) is 4.57. The highest BCUT2D eigenvalue weighted by atomic mass is 16.5. The molecule has 0 aliphatic carbocycles. The van der Waals surface area contributed by atoms with Crippen LogP contribution in [0.4, 0.5) is 0 Å². The highest BCUT2D eigenvalue weighted by Crippen LogP contribution is 2.28. The average Bonchev–Trinajstić information content (AvgIpc) is 3.27. The summed E-state index contributed by atoms with van der Waals surface area (Å²) in [6.45, 7) is 3.51. The third-order valence-corrected chi connectivity index (χ3v) is 5.80. The zero-order valence-corrected chi connectivity index (χ0v) is 17.2. The van der Waals surface area contributed by atoms with Crippen LogP contribution in [0.1, 0.15) is 0 Å². The number of carbonyl (C=O) groups is 4. The van der Waals surface area contributed by atoms with Gasteiger partial charge in [-0.05, 0) is 5.57 Å². The van der Waals surface area contributed by atoms with Gasteiger partial charge >= 0.3 is 0 Å². The molecule has 0 saturated carbocycles. The van der Waals surface area contributed by atoms with Gasteiger partial charge in [-0.15, -0.1) is 0 Å². The van der Waals surface area contributed by atoms with Gasteiger partial charge in [0.2, 0.25) is 17.7 Å². The number of hydrogen-bond donors (Lipinski definition) is 1. The Hall–Kier alpha value is -2.92. The van der Waals surface area contributed by atoms with Gasteiger partial charge in [0, 0.05) is 38.8 Å². The largest absolute Gasteiger partial charge is 0.510 e. The van der Waals surface area contributed by atoms with Crippen LogP contribution >= 0.6 is 0 Å². The van der Waals surface area contributed by atoms with Crippen LogP contribution in [0.3, 0.4) is 0 Å². The van der Waals surface area contributed by atoms with E-state index in [2.05, 4.69) is 0 Å². The topological polar surface area (TPSA) is 120 Å². The normalized spacial score (nSPS) is 22.5. The average molecular weight is 434 g/mol. The Kier molecular flexibility index (Phi) is 6.23. The lowest BCUT2D eigenvalue weighted by Crippen LogP contribution is -2.46. The van der Waals surface area contributed by atoms with Gasteiger partial charge in [-0.3, -0.25) is 19.2 Å². The van der Waals surface area contributed by atoms with Crippen molar-refractivity contribution in [3.05, 3.63) is 23.0 Å². The van der Waals surface area contributed by atoms with E-state index in [1.807, 2.05) is 0 Å². The third-order valence-electron chi connectivity index (χ3n) is 5.80. The number of aliphatic hydroxyl groups excluding tert-OH is 1. The number of morpholine rings is 2. The zero-order valence-electron chi connectivity index (χ0n) is 17.2. The summed E-state index contributed by atoms with van der Waals surface area (Å²) in [6.07, 6.45) is 1.28. The maximum absolute atomic E-state index is 12.9. The predicted molar refractivity (Wildman–Crippen MR) is 106 cm³/mol. The van der Waals surface area contributed by atoms with Crippen molar-refractivity contribution in [2.24, 2.45) is 0 Å². The molecule has 31 heavy (non-hydrogen) atoms. The number of ether oxygens (including phenoxy) is 2. The molecule has 0 aromatic carbocycles. The molecule has 0 unspecified atom stereocenters. The summed E-state index contributed by atoms with van der Waals surface area (Å²) >= 11 is 0. The molecule has 4 rings (SSSR count). The number of aliphatic hydroxyl groups is 1. The first-order valence-electron chi connectivity index (χ1n) is 10.4. The first-order valence-corrected chi connectivity index (χ1v) is 10.4. The van der Waals surface area contributed by atoms with Crippen molar-refractivity contribution in [3.63, 3.8) is 0 Å². The van der Waals surface area contributed by atoms with Crippen LogP contribution < -0.4 is 0 Å². The lowest BCUT2D eigenvalue weighted by molar-refractivity contribution is -0.140. The molecule has 11 nitrogen and oxygen atoms in total. The van der Waals surface area contributed by atoms with E-state index in [1.165, 1.54) is 15.9 Å². The van der Waals surface area contributed by atoms with Gasteiger partial charge in [-0.25, -0.2) is 0 Å². The molecule has 2 saturated heterocycles. The summed E-state index contributed by atoms with van der Waals surface area (Å²) < 4.78 is 10.5. The summed E-state index contributed by atoms with van der Waals surface area (Å²) in [7, 11) is 0. The van der Waals surface area contributed by atoms with Gasteiger partial charge < -0.3 is 34.2 Å². The van der Waals surface area contributed by atoms with Crippen molar-refractivity contribution in [2.45, 2.75) is 0 Å². The Morgan fingerprint density at radius 2 is 1.35 bits per heavy atom. The van der Waals surface area contributed by atoms with Gasteiger partial charge in [0.1, 0.15) is 18.8 Å². The van der Waals surface area contributed by atoms with Crippen molar-refractivity contribution in [1.29, 1.82) is 0 Å². The fourth-order valence-corrected chi connectivity index (χ4v) is 4.07. The van der Waals surface area contributed by atoms with Gasteiger partial charge in [0.15, 0.2) is 0 Å². The molecule has 11 heteroatoms. The van der Waals surface area contributed by atoms with E-state index in [4.69, 9.17) is 9.47 Å². The van der Waals surface area contributed by atoms with Crippen molar-refractivity contribution >= 4 is 23.6 Å². The lowest BCUT2D eigenvalue weighted by Gasteiger charge is -2.29. The molecule has 168 valence electrons. The summed E-state index contributed by atoms with van der Waals surface area (Å²) in [4.78, 5) is 56.0. The Bertz CT molecular complexity index is 840. The molecule has 0 radical (unpaired) electrons. The molecule has 0 spiro atoms. The molecule has 0 atom stereocenters. The first kappa shape index (κ1) is 21.3. The van der Waals surface area contributed by atoms with Crippen LogP contribution in [0.25, 0.3) is 0 Å². The molecular formula is C20H26N4O7. The van der Waals surface area contributed by atoms with Crippen LogP contribution in [0.5, 0.6) is 0 Å². The van der Waals surface area contributed by atoms with Gasteiger partial charge in [-0.1, -0.05) is 0 Å². The smallest absolute Gasteiger partial charge is 0.258 e. The number of amides is 4. The maximum atomic E-state index is 12.9. The first-order chi connectivity index (χ1) is 14.9. The number of hydrogen-bond acceptors (Lipinski definition) is 7. The Labute approximate surface area is 179 Å². The van der Waals surface area contributed by atoms with Gasteiger partial charge in [0.05, 0.1) is 38.5 Å². The van der Waals surface area contributed by atoms with E-state index in [-0.39, 0.29) is 55.2 Å². The van der Waals surface area contributed by atoms with Crippen LogP contribution in [-0.4, -0.2) is 127 Å². The fraction of sp³-hybridized carbons (Fsp3) is 0.600. The number of rotatable bonds is 5. The summed E-state index contributed by atoms with van der Waals surface area (Å²) in [5.41, 5.74) is 0.410. The Balaban J connectivity index is 1.35. The van der Waals surface area contributed by atoms with Crippen molar-refractivity contribution in [1.82, 2.24) is 19.6 Å². The lowest BCUT2D eigenvalue weighted by atomic mass is 10.1. The molecule has 2 fully saturated rings. The minimum atomic E-state index is -0.487. The SMILES string of the molecule is O=C1C=C(C2=C(O)CN(CC(=O)N3CCOCC3)C2=O)CN1CC(=O)N1CCOCC1. The van der Waals surface area contributed by atoms with Crippen LogP contribution in [0.15, 0.2) is 23.0 Å². The standard InChI is InChI=1S/C20H26N4O7/c25-15-11-24(13-18(28)22-3-7-31-8-4-22)20(29)19(15)14-9-16(26)23(10-14)12-17(27)21-1-5-30-6-2-21/h9,25H,1-8,10-13H2. The van der Waals surface area contributed by atoms with Crippen molar-refractivity contribution in [2.75, 3.05) is 78.8 Å². The molecule has 4 aliphatic rings. The van der Waals surface area contributed by atoms with Crippen LogP contribution in [-0.2, 0) is 28.7 Å². The monoisotopic (exact) mass is 434 g/mol. The van der Waals surface area contributed by atoms with E-state index in [9.17, 15) is 24.3 Å². The summed E-state index contributed by atoms with van der Waals surface area (Å²) in [5.74, 6) is -1.42. The molecule has 0 bridgehead atoms. The van der Waals surface area contributed by atoms with Crippen LogP contribution in [0, 0.1) is 0 Å². The van der Waals surface area contributed by atoms with E-state index in [0.29, 0.717) is 58.2 Å². The highest BCUT2D eigenvalue weighted by Gasteiger charge is 2.38. The second-order valence-electron chi connectivity index (χ2n) is 7.83. The van der Waals surface area contributed by atoms with E-state index in [0.717, 1.165) is 0 Å². The van der Waals surface area contributed by atoms with E-state index in [1.54, 1.807) is 9.80 Å². The molecule has 1 N–H and O–H groups in total. The van der Waals surface area contributed by atoms with Crippen molar-refractivity contribution in [3.8, 4) is 0 Å².